The summed E-state index contributed by atoms with van der Waals surface area (Å²) in [6, 6.07) is 15.0. The third-order valence-corrected chi connectivity index (χ3v) is 5.26. The van der Waals surface area contributed by atoms with E-state index in [-0.39, 0.29) is 5.41 Å². The molecule has 0 aromatic heterocycles. The van der Waals surface area contributed by atoms with Gasteiger partial charge < -0.3 is 10.2 Å². The fourth-order valence-corrected chi connectivity index (χ4v) is 3.44. The van der Waals surface area contributed by atoms with Crippen molar-refractivity contribution in [1.29, 1.82) is 0 Å². The van der Waals surface area contributed by atoms with Gasteiger partial charge in [0, 0.05) is 11.3 Å². The predicted molar refractivity (Wildman–Crippen MR) is 98.4 cm³/mol. The summed E-state index contributed by atoms with van der Waals surface area (Å²) in [5.74, 6) is 0.912. The van der Waals surface area contributed by atoms with E-state index in [9.17, 15) is 10.2 Å². The lowest BCUT2D eigenvalue weighted by atomic mass is 9.71. The van der Waals surface area contributed by atoms with Gasteiger partial charge in [0.25, 0.3) is 0 Å². The van der Waals surface area contributed by atoms with Crippen LogP contribution in [0.2, 0.25) is 0 Å². The van der Waals surface area contributed by atoms with Gasteiger partial charge in [-0.2, -0.15) is 0 Å². The van der Waals surface area contributed by atoms with Gasteiger partial charge in [-0.3, -0.25) is 0 Å². The highest BCUT2D eigenvalue weighted by Gasteiger charge is 2.29. The summed E-state index contributed by atoms with van der Waals surface area (Å²) in [6.07, 6.45) is 8.85. The summed E-state index contributed by atoms with van der Waals surface area (Å²) < 4.78 is 0. The topological polar surface area (TPSA) is 40.5 Å². The Morgan fingerprint density at radius 3 is 2.04 bits per heavy atom. The lowest BCUT2D eigenvalue weighted by molar-refractivity contribution is 0.472. The van der Waals surface area contributed by atoms with Crippen LogP contribution < -0.4 is 0 Å². The van der Waals surface area contributed by atoms with Crippen molar-refractivity contribution >= 4 is 0 Å². The quantitative estimate of drug-likeness (QED) is 0.788. The SMILES string of the molecule is CCC1(c2ccc(O)cc2)C=CC(C(C)c2ccc(O)cc2)=CC1. The zero-order chi connectivity index (χ0) is 17.2. The van der Waals surface area contributed by atoms with Crippen molar-refractivity contribution in [2.75, 3.05) is 0 Å². The molecule has 0 amide bonds. The number of hydrogen-bond acceptors (Lipinski definition) is 2. The molecule has 0 saturated carbocycles. The predicted octanol–water partition coefficient (Wildman–Crippen LogP) is 5.44. The zero-order valence-corrected chi connectivity index (χ0v) is 14.2. The summed E-state index contributed by atoms with van der Waals surface area (Å²) in [4.78, 5) is 0. The third-order valence-electron chi connectivity index (χ3n) is 5.26. The van der Waals surface area contributed by atoms with Gasteiger partial charge in [0.2, 0.25) is 0 Å². The largest absolute Gasteiger partial charge is 0.508 e. The Kier molecular flexibility index (Phi) is 4.48. The number of hydrogen-bond donors (Lipinski definition) is 2. The molecule has 2 atom stereocenters. The summed E-state index contributed by atoms with van der Waals surface area (Å²) >= 11 is 0. The molecule has 1 aliphatic carbocycles. The Hall–Kier alpha value is -2.48. The molecule has 24 heavy (non-hydrogen) atoms. The summed E-state index contributed by atoms with van der Waals surface area (Å²) in [6.45, 7) is 4.40. The van der Waals surface area contributed by atoms with Crippen LogP contribution in [0.1, 0.15) is 43.7 Å². The number of benzene rings is 2. The number of rotatable bonds is 4. The van der Waals surface area contributed by atoms with Gasteiger partial charge in [0.05, 0.1) is 0 Å². The van der Waals surface area contributed by atoms with Crippen LogP contribution >= 0.6 is 0 Å². The first-order valence-corrected chi connectivity index (χ1v) is 8.52. The van der Waals surface area contributed by atoms with Crippen LogP contribution in [0.25, 0.3) is 0 Å². The van der Waals surface area contributed by atoms with E-state index in [1.165, 1.54) is 16.7 Å². The molecule has 2 N–H and O–H groups in total. The van der Waals surface area contributed by atoms with Crippen molar-refractivity contribution in [3.05, 3.63) is 83.5 Å². The molecular weight excluding hydrogens is 296 g/mol. The van der Waals surface area contributed by atoms with Crippen LogP contribution in [0.3, 0.4) is 0 Å². The second-order valence-corrected chi connectivity index (χ2v) is 6.61. The Morgan fingerprint density at radius 2 is 1.54 bits per heavy atom. The van der Waals surface area contributed by atoms with Crippen LogP contribution in [-0.4, -0.2) is 10.2 Å². The highest BCUT2D eigenvalue weighted by molar-refractivity contribution is 5.44. The molecule has 0 saturated heterocycles. The van der Waals surface area contributed by atoms with Crippen molar-refractivity contribution < 1.29 is 10.2 Å². The smallest absolute Gasteiger partial charge is 0.115 e. The lowest BCUT2D eigenvalue weighted by Crippen LogP contribution is -2.24. The molecule has 2 aromatic carbocycles. The molecule has 0 aliphatic heterocycles. The van der Waals surface area contributed by atoms with Gasteiger partial charge in [0.15, 0.2) is 0 Å². The zero-order valence-electron chi connectivity index (χ0n) is 14.2. The molecule has 2 unspecified atom stereocenters. The summed E-state index contributed by atoms with van der Waals surface area (Å²) in [7, 11) is 0. The van der Waals surface area contributed by atoms with Gasteiger partial charge in [-0.1, -0.05) is 56.3 Å². The minimum Gasteiger partial charge on any atom is -0.508 e. The monoisotopic (exact) mass is 320 g/mol. The van der Waals surface area contributed by atoms with E-state index in [1.54, 1.807) is 24.3 Å². The van der Waals surface area contributed by atoms with E-state index in [0.29, 0.717) is 17.4 Å². The summed E-state index contributed by atoms with van der Waals surface area (Å²) in [5, 5.41) is 19.0. The van der Waals surface area contributed by atoms with Gasteiger partial charge in [-0.15, -0.1) is 0 Å². The first-order valence-electron chi connectivity index (χ1n) is 8.52. The summed E-state index contributed by atoms with van der Waals surface area (Å²) in [5.41, 5.74) is 3.76. The van der Waals surface area contributed by atoms with Crippen LogP contribution in [0.4, 0.5) is 0 Å². The maximum Gasteiger partial charge on any atom is 0.115 e. The number of phenols is 2. The Balaban J connectivity index is 1.83. The van der Waals surface area contributed by atoms with Crippen molar-refractivity contribution in [1.82, 2.24) is 0 Å². The molecule has 1 aliphatic rings. The van der Waals surface area contributed by atoms with E-state index < -0.39 is 0 Å². The van der Waals surface area contributed by atoms with Crippen LogP contribution in [0.15, 0.2) is 72.3 Å². The average Bonchev–Trinajstić information content (AvgIpc) is 2.62. The van der Waals surface area contributed by atoms with Crippen LogP contribution in [0.5, 0.6) is 11.5 Å². The minimum atomic E-state index is 0.00583. The average molecular weight is 320 g/mol. The molecule has 124 valence electrons. The van der Waals surface area contributed by atoms with Gasteiger partial charge in [0.1, 0.15) is 11.5 Å². The van der Waals surface area contributed by atoms with Crippen molar-refractivity contribution in [3.8, 4) is 11.5 Å². The molecule has 0 fully saturated rings. The molecule has 2 nitrogen and oxygen atoms in total. The Bertz CT molecular complexity index is 754. The normalized spacial score (nSPS) is 21.3. The highest BCUT2D eigenvalue weighted by atomic mass is 16.3. The third kappa shape index (κ3) is 3.09. The number of allylic oxidation sites excluding steroid dienone is 4. The number of aromatic hydroxyl groups is 2. The van der Waals surface area contributed by atoms with E-state index in [2.05, 4.69) is 32.1 Å². The fraction of sp³-hybridized carbons (Fsp3) is 0.273. The molecule has 0 spiro atoms. The lowest BCUT2D eigenvalue weighted by Gasteiger charge is -2.33. The van der Waals surface area contributed by atoms with E-state index in [0.717, 1.165) is 12.8 Å². The maximum atomic E-state index is 9.52. The minimum absolute atomic E-state index is 0.00583. The van der Waals surface area contributed by atoms with E-state index >= 15 is 0 Å². The van der Waals surface area contributed by atoms with Crippen LogP contribution in [-0.2, 0) is 5.41 Å². The van der Waals surface area contributed by atoms with E-state index in [4.69, 9.17) is 0 Å². The van der Waals surface area contributed by atoms with Crippen molar-refractivity contribution in [3.63, 3.8) is 0 Å². The second-order valence-electron chi connectivity index (χ2n) is 6.61. The van der Waals surface area contributed by atoms with Crippen LogP contribution in [0, 0.1) is 0 Å². The van der Waals surface area contributed by atoms with Gasteiger partial charge >= 0.3 is 0 Å². The van der Waals surface area contributed by atoms with Crippen molar-refractivity contribution in [2.45, 2.75) is 38.0 Å². The Morgan fingerprint density at radius 1 is 0.958 bits per heavy atom. The maximum absolute atomic E-state index is 9.52. The second kappa shape index (κ2) is 6.56. The highest BCUT2D eigenvalue weighted by Crippen LogP contribution is 2.40. The molecule has 0 bridgehead atoms. The standard InChI is InChI=1S/C22H24O2/c1-3-22(19-6-10-21(24)11-7-19)14-12-18(13-15-22)16(2)17-4-8-20(23)9-5-17/h4-14,16,23-24H,3,15H2,1-2H3. The van der Waals surface area contributed by atoms with Gasteiger partial charge in [-0.25, -0.2) is 0 Å². The first-order chi connectivity index (χ1) is 11.5. The number of phenolic OH excluding ortho intramolecular Hbond substituents is 2. The molecule has 2 heteroatoms. The molecule has 0 radical (unpaired) electrons. The molecule has 2 aromatic rings. The molecule has 3 rings (SSSR count). The van der Waals surface area contributed by atoms with E-state index in [1.807, 2.05) is 24.3 Å². The Labute approximate surface area is 143 Å². The van der Waals surface area contributed by atoms with Crippen molar-refractivity contribution in [2.24, 2.45) is 0 Å². The van der Waals surface area contributed by atoms with Gasteiger partial charge in [-0.05, 0) is 53.8 Å². The first kappa shape index (κ1) is 16.4. The molecular formula is C22H24O2. The fourth-order valence-electron chi connectivity index (χ4n) is 3.44. The molecule has 0 heterocycles.